The fraction of sp³-hybridized carbons (Fsp3) is 0.231. The maximum atomic E-state index is 12.7. The summed E-state index contributed by atoms with van der Waals surface area (Å²) in [5.74, 6) is -1.37. The minimum Gasteiger partial charge on any atom is -0.384 e. The van der Waals surface area contributed by atoms with Crippen LogP contribution in [0.1, 0.15) is 11.4 Å². The first kappa shape index (κ1) is 15.4. The Morgan fingerprint density at radius 1 is 1.19 bits per heavy atom. The van der Waals surface area contributed by atoms with Gasteiger partial charge in [-0.2, -0.15) is 13.2 Å². The number of halogens is 4. The molecular formula is C13H12ClF3N4. The minimum absolute atomic E-state index is 0.102. The SMILES string of the molecule is CN(Cc1ccc(Cl)cc1)c1cc(N)nc(C(F)(F)F)n1. The summed E-state index contributed by atoms with van der Waals surface area (Å²) in [4.78, 5) is 8.26. The third-order valence-electron chi connectivity index (χ3n) is 2.71. The largest absolute Gasteiger partial charge is 0.451 e. The molecule has 1 aromatic carbocycles. The monoisotopic (exact) mass is 316 g/mol. The van der Waals surface area contributed by atoms with Gasteiger partial charge in [0.1, 0.15) is 11.6 Å². The lowest BCUT2D eigenvalue weighted by molar-refractivity contribution is -0.144. The van der Waals surface area contributed by atoms with Crippen molar-refractivity contribution in [3.05, 3.63) is 46.7 Å². The molecule has 1 heterocycles. The third-order valence-corrected chi connectivity index (χ3v) is 2.96. The Balaban J connectivity index is 2.24. The van der Waals surface area contributed by atoms with Gasteiger partial charge in [0.25, 0.3) is 0 Å². The van der Waals surface area contributed by atoms with Crippen molar-refractivity contribution in [1.82, 2.24) is 9.97 Å². The lowest BCUT2D eigenvalue weighted by Gasteiger charge is -2.19. The van der Waals surface area contributed by atoms with Crippen LogP contribution in [-0.2, 0) is 12.7 Å². The van der Waals surface area contributed by atoms with Crippen molar-refractivity contribution < 1.29 is 13.2 Å². The molecule has 4 nitrogen and oxygen atoms in total. The van der Waals surface area contributed by atoms with E-state index in [1.165, 1.54) is 6.07 Å². The van der Waals surface area contributed by atoms with E-state index in [2.05, 4.69) is 9.97 Å². The van der Waals surface area contributed by atoms with Crippen molar-refractivity contribution in [3.8, 4) is 0 Å². The molecule has 0 saturated carbocycles. The fourth-order valence-corrected chi connectivity index (χ4v) is 1.85. The van der Waals surface area contributed by atoms with Gasteiger partial charge in [0.15, 0.2) is 0 Å². The summed E-state index contributed by atoms with van der Waals surface area (Å²) in [6.07, 6.45) is -4.63. The minimum atomic E-state index is -4.63. The van der Waals surface area contributed by atoms with Crippen LogP contribution < -0.4 is 10.6 Å². The Labute approximate surface area is 124 Å². The molecule has 0 spiro atoms. The predicted molar refractivity (Wildman–Crippen MR) is 75.0 cm³/mol. The summed E-state index contributed by atoms with van der Waals surface area (Å²) in [5, 5.41) is 0.590. The molecule has 0 aliphatic carbocycles. The molecule has 0 saturated heterocycles. The normalized spacial score (nSPS) is 11.5. The van der Waals surface area contributed by atoms with Gasteiger partial charge in [-0.1, -0.05) is 23.7 Å². The van der Waals surface area contributed by atoms with Gasteiger partial charge in [0, 0.05) is 24.7 Å². The highest BCUT2D eigenvalue weighted by Gasteiger charge is 2.35. The third kappa shape index (κ3) is 3.98. The number of nitrogen functional groups attached to an aromatic ring is 1. The molecule has 0 radical (unpaired) electrons. The number of rotatable bonds is 3. The highest BCUT2D eigenvalue weighted by Crippen LogP contribution is 2.28. The van der Waals surface area contributed by atoms with Crippen LogP contribution in [0.4, 0.5) is 24.8 Å². The average molecular weight is 317 g/mol. The highest BCUT2D eigenvalue weighted by molar-refractivity contribution is 6.30. The van der Waals surface area contributed by atoms with Gasteiger partial charge in [0.2, 0.25) is 5.82 Å². The summed E-state index contributed by atoms with van der Waals surface area (Å²) in [6.45, 7) is 0.366. The van der Waals surface area contributed by atoms with Crippen molar-refractivity contribution in [3.63, 3.8) is 0 Å². The van der Waals surface area contributed by atoms with Crippen molar-refractivity contribution >= 4 is 23.2 Å². The maximum Gasteiger partial charge on any atom is 0.451 e. The average Bonchev–Trinajstić information content (AvgIpc) is 2.39. The van der Waals surface area contributed by atoms with Crippen LogP contribution in [0.2, 0.25) is 5.02 Å². The van der Waals surface area contributed by atoms with E-state index in [9.17, 15) is 13.2 Å². The Bertz CT molecular complexity index is 628. The van der Waals surface area contributed by atoms with E-state index < -0.39 is 12.0 Å². The number of hydrogen-bond donors (Lipinski definition) is 1. The smallest absolute Gasteiger partial charge is 0.384 e. The molecule has 0 fully saturated rings. The van der Waals surface area contributed by atoms with E-state index in [1.54, 1.807) is 36.2 Å². The standard InChI is InChI=1S/C13H12ClF3N4/c1-21(7-8-2-4-9(14)5-3-8)11-6-10(18)19-12(20-11)13(15,16)17/h2-6H,7H2,1H3,(H2,18,19,20). The Hall–Kier alpha value is -2.02. The second-order valence-corrected chi connectivity index (χ2v) is 4.89. The fourth-order valence-electron chi connectivity index (χ4n) is 1.72. The van der Waals surface area contributed by atoms with Gasteiger partial charge in [-0.3, -0.25) is 0 Å². The molecule has 0 amide bonds. The molecule has 1 aromatic heterocycles. The summed E-state index contributed by atoms with van der Waals surface area (Å²) in [5.41, 5.74) is 6.29. The van der Waals surface area contributed by atoms with Gasteiger partial charge in [-0.25, -0.2) is 9.97 Å². The number of anilines is 2. The lowest BCUT2D eigenvalue weighted by atomic mass is 10.2. The molecule has 8 heteroatoms. The van der Waals surface area contributed by atoms with Gasteiger partial charge < -0.3 is 10.6 Å². The first-order valence-corrected chi connectivity index (χ1v) is 6.31. The van der Waals surface area contributed by atoms with Crippen molar-refractivity contribution in [2.24, 2.45) is 0 Å². The number of alkyl halides is 3. The number of aromatic nitrogens is 2. The predicted octanol–water partition coefficient (Wildman–Crippen LogP) is 3.37. The Morgan fingerprint density at radius 3 is 2.38 bits per heavy atom. The van der Waals surface area contributed by atoms with Crippen molar-refractivity contribution in [1.29, 1.82) is 0 Å². The molecule has 112 valence electrons. The number of benzene rings is 1. The van der Waals surface area contributed by atoms with Crippen LogP contribution in [0.5, 0.6) is 0 Å². The van der Waals surface area contributed by atoms with Crippen LogP contribution in [0.15, 0.2) is 30.3 Å². The topological polar surface area (TPSA) is 55.0 Å². The molecule has 2 rings (SSSR count). The van der Waals surface area contributed by atoms with E-state index in [4.69, 9.17) is 17.3 Å². The second-order valence-electron chi connectivity index (χ2n) is 4.45. The molecule has 0 unspecified atom stereocenters. The molecule has 0 aliphatic rings. The molecular weight excluding hydrogens is 305 g/mol. The van der Waals surface area contributed by atoms with Gasteiger partial charge in [0.05, 0.1) is 0 Å². The van der Waals surface area contributed by atoms with Crippen LogP contribution in [0.3, 0.4) is 0 Å². The van der Waals surface area contributed by atoms with E-state index in [-0.39, 0.29) is 11.6 Å². The van der Waals surface area contributed by atoms with Crippen LogP contribution in [0, 0.1) is 0 Å². The zero-order valence-corrected chi connectivity index (χ0v) is 11.8. The highest BCUT2D eigenvalue weighted by atomic mass is 35.5. The quantitative estimate of drug-likeness (QED) is 0.943. The Kier molecular flexibility index (Phi) is 4.22. The maximum absolute atomic E-state index is 12.7. The number of nitrogens with zero attached hydrogens (tertiary/aromatic N) is 3. The first-order chi connectivity index (χ1) is 9.75. The van der Waals surface area contributed by atoms with Crippen LogP contribution in [-0.4, -0.2) is 17.0 Å². The van der Waals surface area contributed by atoms with E-state index >= 15 is 0 Å². The van der Waals surface area contributed by atoms with Gasteiger partial charge >= 0.3 is 6.18 Å². The Morgan fingerprint density at radius 2 is 1.81 bits per heavy atom. The summed E-state index contributed by atoms with van der Waals surface area (Å²) in [6, 6.07) is 8.29. The van der Waals surface area contributed by atoms with Crippen LogP contribution >= 0.6 is 11.6 Å². The summed E-state index contributed by atoms with van der Waals surface area (Å²) in [7, 11) is 1.62. The summed E-state index contributed by atoms with van der Waals surface area (Å²) >= 11 is 5.78. The van der Waals surface area contributed by atoms with Crippen molar-refractivity contribution in [2.45, 2.75) is 12.7 Å². The zero-order valence-electron chi connectivity index (χ0n) is 11.0. The number of hydrogen-bond acceptors (Lipinski definition) is 4. The molecule has 21 heavy (non-hydrogen) atoms. The zero-order chi connectivity index (χ0) is 15.6. The summed E-state index contributed by atoms with van der Waals surface area (Å²) < 4.78 is 38.0. The molecule has 0 aliphatic heterocycles. The van der Waals surface area contributed by atoms with Gasteiger partial charge in [-0.15, -0.1) is 0 Å². The molecule has 2 N–H and O–H groups in total. The van der Waals surface area contributed by atoms with Gasteiger partial charge in [-0.05, 0) is 17.7 Å². The first-order valence-electron chi connectivity index (χ1n) is 5.93. The van der Waals surface area contributed by atoms with E-state index in [0.29, 0.717) is 11.6 Å². The number of nitrogens with two attached hydrogens (primary N) is 1. The molecule has 0 bridgehead atoms. The van der Waals surface area contributed by atoms with Crippen LogP contribution in [0.25, 0.3) is 0 Å². The van der Waals surface area contributed by atoms with Crippen molar-refractivity contribution in [2.75, 3.05) is 17.7 Å². The molecule has 0 atom stereocenters. The molecule has 2 aromatic rings. The van der Waals surface area contributed by atoms with E-state index in [1.807, 2.05) is 0 Å². The second kappa shape index (κ2) is 5.77. The van der Waals surface area contributed by atoms with E-state index in [0.717, 1.165) is 5.56 Å². The lowest BCUT2D eigenvalue weighted by Crippen LogP contribution is -2.21.